The van der Waals surface area contributed by atoms with Crippen LogP contribution in [-0.2, 0) is 0 Å². The van der Waals surface area contributed by atoms with Gasteiger partial charge in [0.05, 0.1) is 11.1 Å². The Kier molecular flexibility index (Phi) is 3.77. The number of carbonyl (C=O) groups is 3. The van der Waals surface area contributed by atoms with E-state index in [1.54, 1.807) is 48.5 Å². The molecule has 0 atom stereocenters. The van der Waals surface area contributed by atoms with Crippen molar-refractivity contribution in [1.82, 2.24) is 4.90 Å². The lowest BCUT2D eigenvalue weighted by atomic mass is 10.1. The van der Waals surface area contributed by atoms with Crippen molar-refractivity contribution in [3.63, 3.8) is 0 Å². The molecule has 5 heteroatoms. The number of nitrogens with zero attached hydrogens (tertiary/aromatic N) is 1. The Morgan fingerprint density at radius 3 is 2.00 bits per heavy atom. The maximum atomic E-state index is 12.2. The molecule has 2 aromatic rings. The van der Waals surface area contributed by atoms with Gasteiger partial charge in [-0.3, -0.25) is 19.3 Å². The van der Waals surface area contributed by atoms with E-state index in [-0.39, 0.29) is 30.6 Å². The first kappa shape index (κ1) is 14.5. The Morgan fingerprint density at radius 2 is 1.45 bits per heavy atom. The van der Waals surface area contributed by atoms with Crippen LogP contribution in [0.1, 0.15) is 37.5 Å². The van der Waals surface area contributed by atoms with E-state index < -0.39 is 0 Å². The molecule has 22 heavy (non-hydrogen) atoms. The third-order valence-corrected chi connectivity index (χ3v) is 3.86. The van der Waals surface area contributed by atoms with Crippen LogP contribution in [0.2, 0.25) is 5.02 Å². The summed E-state index contributed by atoms with van der Waals surface area (Å²) in [6, 6.07) is 13.2. The number of carbonyl (C=O) groups excluding carboxylic acids is 3. The van der Waals surface area contributed by atoms with E-state index in [1.807, 2.05) is 0 Å². The molecular formula is C17H12ClNO3. The van der Waals surface area contributed by atoms with Gasteiger partial charge in [0.25, 0.3) is 11.8 Å². The zero-order valence-corrected chi connectivity index (χ0v) is 12.3. The first-order chi connectivity index (χ1) is 10.6. The van der Waals surface area contributed by atoms with E-state index in [0.29, 0.717) is 21.7 Å². The fourth-order valence-electron chi connectivity index (χ4n) is 2.44. The lowest BCUT2D eigenvalue weighted by Gasteiger charge is -2.13. The van der Waals surface area contributed by atoms with Gasteiger partial charge in [-0.05, 0) is 36.4 Å². The zero-order chi connectivity index (χ0) is 15.7. The summed E-state index contributed by atoms with van der Waals surface area (Å²) < 4.78 is 0. The first-order valence-electron chi connectivity index (χ1n) is 6.82. The minimum absolute atomic E-state index is 0.0772. The number of amides is 2. The first-order valence-corrected chi connectivity index (χ1v) is 7.20. The number of rotatable bonds is 4. The summed E-state index contributed by atoms with van der Waals surface area (Å²) in [5, 5.41) is 0.553. The number of benzene rings is 2. The van der Waals surface area contributed by atoms with Crippen LogP contribution >= 0.6 is 11.6 Å². The third-order valence-electron chi connectivity index (χ3n) is 3.61. The molecule has 0 N–H and O–H groups in total. The lowest BCUT2D eigenvalue weighted by Crippen LogP contribution is -2.31. The number of Topliss-reactive ketones (excluding diaryl/α,β-unsaturated/α-hetero) is 1. The molecule has 0 unspecified atom stereocenters. The Morgan fingerprint density at radius 1 is 0.909 bits per heavy atom. The van der Waals surface area contributed by atoms with Crippen LogP contribution in [0.4, 0.5) is 0 Å². The van der Waals surface area contributed by atoms with Gasteiger partial charge < -0.3 is 0 Å². The molecule has 1 aliphatic heterocycles. The van der Waals surface area contributed by atoms with Crippen LogP contribution < -0.4 is 0 Å². The predicted octanol–water partition coefficient (Wildman–Crippen LogP) is 3.21. The van der Waals surface area contributed by atoms with Crippen molar-refractivity contribution < 1.29 is 14.4 Å². The highest BCUT2D eigenvalue weighted by atomic mass is 35.5. The highest BCUT2D eigenvalue weighted by Crippen LogP contribution is 2.22. The summed E-state index contributed by atoms with van der Waals surface area (Å²) in [6.07, 6.45) is 0.0904. The molecule has 0 saturated carbocycles. The van der Waals surface area contributed by atoms with Gasteiger partial charge in [-0.25, -0.2) is 0 Å². The van der Waals surface area contributed by atoms with E-state index in [1.165, 1.54) is 0 Å². The second-order valence-corrected chi connectivity index (χ2v) is 5.42. The van der Waals surface area contributed by atoms with E-state index in [9.17, 15) is 14.4 Å². The molecule has 4 nitrogen and oxygen atoms in total. The molecule has 0 fully saturated rings. The molecule has 0 saturated heterocycles. The number of ketones is 1. The molecule has 2 aromatic carbocycles. The molecule has 0 aliphatic carbocycles. The van der Waals surface area contributed by atoms with Gasteiger partial charge in [0, 0.05) is 23.6 Å². The molecule has 0 bridgehead atoms. The lowest BCUT2D eigenvalue weighted by molar-refractivity contribution is 0.0649. The minimum Gasteiger partial charge on any atom is -0.294 e. The van der Waals surface area contributed by atoms with E-state index in [0.717, 1.165) is 4.90 Å². The molecule has 1 heterocycles. The van der Waals surface area contributed by atoms with Gasteiger partial charge in [-0.15, -0.1) is 0 Å². The zero-order valence-electron chi connectivity index (χ0n) is 11.6. The number of fused-ring (bicyclic) bond motifs is 1. The molecule has 0 radical (unpaired) electrons. The highest BCUT2D eigenvalue weighted by Gasteiger charge is 2.34. The average Bonchev–Trinajstić information content (AvgIpc) is 2.78. The number of imide groups is 1. The third kappa shape index (κ3) is 2.53. The SMILES string of the molecule is O=C(CCN1C(=O)c2ccccc2C1=O)c1ccc(Cl)cc1. The van der Waals surface area contributed by atoms with Crippen LogP contribution in [0.15, 0.2) is 48.5 Å². The molecule has 0 spiro atoms. The van der Waals surface area contributed by atoms with Gasteiger partial charge in [-0.1, -0.05) is 23.7 Å². The Hall–Kier alpha value is -2.46. The number of hydrogen-bond donors (Lipinski definition) is 0. The summed E-state index contributed by atoms with van der Waals surface area (Å²) >= 11 is 5.78. The normalized spacial score (nSPS) is 13.4. The van der Waals surface area contributed by atoms with Crippen LogP contribution in [0.5, 0.6) is 0 Å². The van der Waals surface area contributed by atoms with Gasteiger partial charge in [0.1, 0.15) is 0 Å². The van der Waals surface area contributed by atoms with Crippen LogP contribution in [0.3, 0.4) is 0 Å². The summed E-state index contributed by atoms with van der Waals surface area (Å²) in [5.74, 6) is -0.817. The minimum atomic E-state index is -0.343. The van der Waals surface area contributed by atoms with Crippen LogP contribution in [0, 0.1) is 0 Å². The van der Waals surface area contributed by atoms with Crippen LogP contribution in [0.25, 0.3) is 0 Å². The fourth-order valence-corrected chi connectivity index (χ4v) is 2.56. The van der Waals surface area contributed by atoms with Gasteiger partial charge in [-0.2, -0.15) is 0 Å². The molecule has 2 amide bonds. The van der Waals surface area contributed by atoms with Crippen molar-refractivity contribution in [3.05, 3.63) is 70.2 Å². The van der Waals surface area contributed by atoms with E-state index in [2.05, 4.69) is 0 Å². The Labute approximate surface area is 132 Å². The standard InChI is InChI=1S/C17H12ClNO3/c18-12-7-5-11(6-8-12)15(20)9-10-19-16(21)13-3-1-2-4-14(13)17(19)22/h1-8H,9-10H2. The molecule has 3 rings (SSSR count). The van der Waals surface area contributed by atoms with Crippen molar-refractivity contribution in [2.75, 3.05) is 6.54 Å². The maximum absolute atomic E-state index is 12.2. The molecule has 0 aromatic heterocycles. The average molecular weight is 314 g/mol. The largest absolute Gasteiger partial charge is 0.294 e. The van der Waals surface area contributed by atoms with Gasteiger partial charge in [0.15, 0.2) is 5.78 Å². The van der Waals surface area contributed by atoms with Crippen molar-refractivity contribution in [2.45, 2.75) is 6.42 Å². The monoisotopic (exact) mass is 313 g/mol. The van der Waals surface area contributed by atoms with Crippen molar-refractivity contribution in [2.24, 2.45) is 0 Å². The summed E-state index contributed by atoms with van der Waals surface area (Å²) in [5.41, 5.74) is 1.30. The predicted molar refractivity (Wildman–Crippen MR) is 82.2 cm³/mol. The second-order valence-electron chi connectivity index (χ2n) is 4.99. The topological polar surface area (TPSA) is 54.5 Å². The van der Waals surface area contributed by atoms with Gasteiger partial charge in [0.2, 0.25) is 0 Å². The van der Waals surface area contributed by atoms with Crippen molar-refractivity contribution in [1.29, 1.82) is 0 Å². The van der Waals surface area contributed by atoms with Crippen molar-refractivity contribution in [3.8, 4) is 0 Å². The highest BCUT2D eigenvalue weighted by molar-refractivity contribution is 6.30. The summed E-state index contributed by atoms with van der Waals surface area (Å²) in [6.45, 7) is 0.0772. The fraction of sp³-hybridized carbons (Fsp3) is 0.118. The molecule has 1 aliphatic rings. The second kappa shape index (κ2) is 5.73. The van der Waals surface area contributed by atoms with E-state index >= 15 is 0 Å². The number of hydrogen-bond acceptors (Lipinski definition) is 3. The smallest absolute Gasteiger partial charge is 0.261 e. The molecular weight excluding hydrogens is 302 g/mol. The van der Waals surface area contributed by atoms with Crippen molar-refractivity contribution >= 4 is 29.2 Å². The molecule has 110 valence electrons. The van der Waals surface area contributed by atoms with E-state index in [4.69, 9.17) is 11.6 Å². The summed E-state index contributed by atoms with van der Waals surface area (Å²) in [4.78, 5) is 37.6. The summed E-state index contributed by atoms with van der Waals surface area (Å²) in [7, 11) is 0. The van der Waals surface area contributed by atoms with Gasteiger partial charge >= 0.3 is 0 Å². The number of halogens is 1. The Bertz CT molecular complexity index is 733. The Balaban J connectivity index is 1.70. The quantitative estimate of drug-likeness (QED) is 0.643. The van der Waals surface area contributed by atoms with Crippen LogP contribution in [-0.4, -0.2) is 29.0 Å². The maximum Gasteiger partial charge on any atom is 0.261 e.